The van der Waals surface area contributed by atoms with Crippen molar-refractivity contribution >= 4 is 28.3 Å². The first-order valence-corrected chi connectivity index (χ1v) is 10.0. The minimum absolute atomic E-state index is 0.194. The van der Waals surface area contributed by atoms with Gasteiger partial charge in [-0.2, -0.15) is 0 Å². The molecule has 0 radical (unpaired) electrons. The van der Waals surface area contributed by atoms with Gasteiger partial charge in [0.25, 0.3) is 5.91 Å². The van der Waals surface area contributed by atoms with Crippen LogP contribution in [0.25, 0.3) is 10.9 Å². The second kappa shape index (κ2) is 9.49. The number of carbonyl (C=O) groups excluding carboxylic acids is 1. The second-order valence-corrected chi connectivity index (χ2v) is 7.17. The van der Waals surface area contributed by atoms with Crippen molar-refractivity contribution in [3.8, 4) is 0 Å². The maximum absolute atomic E-state index is 14.0. The van der Waals surface area contributed by atoms with Gasteiger partial charge in [0.15, 0.2) is 0 Å². The van der Waals surface area contributed by atoms with E-state index < -0.39 is 23.1 Å². The van der Waals surface area contributed by atoms with Gasteiger partial charge in [0.1, 0.15) is 29.3 Å². The van der Waals surface area contributed by atoms with Crippen LogP contribution in [0.15, 0.2) is 73.1 Å². The zero-order valence-electron chi connectivity index (χ0n) is 17.3. The molecule has 0 bridgehead atoms. The Morgan fingerprint density at radius 2 is 1.72 bits per heavy atom. The van der Waals surface area contributed by atoms with Crippen molar-refractivity contribution < 1.29 is 13.6 Å². The van der Waals surface area contributed by atoms with Crippen molar-refractivity contribution in [1.29, 1.82) is 0 Å². The van der Waals surface area contributed by atoms with Crippen LogP contribution in [0.2, 0.25) is 0 Å². The van der Waals surface area contributed by atoms with Gasteiger partial charge in [0.2, 0.25) is 0 Å². The number of halogens is 2. The topological polar surface area (TPSA) is 78.9 Å². The van der Waals surface area contributed by atoms with Crippen molar-refractivity contribution in [1.82, 2.24) is 15.3 Å². The van der Waals surface area contributed by atoms with E-state index in [4.69, 9.17) is 0 Å². The summed E-state index contributed by atoms with van der Waals surface area (Å²) >= 11 is 0. The average molecular weight is 433 g/mol. The molecule has 4 rings (SSSR count). The van der Waals surface area contributed by atoms with Crippen LogP contribution in [0, 0.1) is 11.6 Å². The fourth-order valence-electron chi connectivity index (χ4n) is 3.48. The molecule has 0 aliphatic heterocycles. The summed E-state index contributed by atoms with van der Waals surface area (Å²) in [5.74, 6) is -2.00. The third kappa shape index (κ3) is 4.55. The summed E-state index contributed by atoms with van der Waals surface area (Å²) < 4.78 is 27.9. The number of benzene rings is 3. The van der Waals surface area contributed by atoms with E-state index >= 15 is 0 Å². The molecule has 1 unspecified atom stereocenters. The standard InChI is InChI=1S/C24H21F2N5O/c1-27-13-21(31-23-17-8-2-3-11-20(17)28-14-29-23)15-6-4-7-16(12-15)30-24(32)22-18(25)9-5-10-19(22)26/h2-12,14,21,27H,13H2,1H3,(H,30,32)(H,28,29,31). The van der Waals surface area contributed by atoms with E-state index in [0.29, 0.717) is 18.1 Å². The van der Waals surface area contributed by atoms with Crippen LogP contribution < -0.4 is 16.0 Å². The maximum atomic E-state index is 14.0. The smallest absolute Gasteiger partial charge is 0.261 e. The number of anilines is 2. The molecule has 3 N–H and O–H groups in total. The zero-order valence-corrected chi connectivity index (χ0v) is 17.3. The van der Waals surface area contributed by atoms with Crippen molar-refractivity contribution in [3.63, 3.8) is 0 Å². The molecule has 1 amide bonds. The maximum Gasteiger partial charge on any atom is 0.261 e. The first-order chi connectivity index (χ1) is 15.6. The largest absolute Gasteiger partial charge is 0.361 e. The van der Waals surface area contributed by atoms with Gasteiger partial charge in [-0.1, -0.05) is 30.3 Å². The van der Waals surface area contributed by atoms with Crippen LogP contribution >= 0.6 is 0 Å². The molecular weight excluding hydrogens is 412 g/mol. The lowest BCUT2D eigenvalue weighted by Gasteiger charge is -2.21. The van der Waals surface area contributed by atoms with E-state index in [2.05, 4.69) is 25.9 Å². The Balaban J connectivity index is 1.60. The number of carbonyl (C=O) groups is 1. The molecule has 32 heavy (non-hydrogen) atoms. The number of hydrogen-bond donors (Lipinski definition) is 3. The number of fused-ring (bicyclic) bond motifs is 1. The fourth-order valence-corrected chi connectivity index (χ4v) is 3.48. The normalized spacial score (nSPS) is 11.8. The van der Waals surface area contributed by atoms with E-state index in [-0.39, 0.29) is 6.04 Å². The summed E-state index contributed by atoms with van der Waals surface area (Å²) in [6, 6.07) is 17.9. The molecule has 1 heterocycles. The van der Waals surface area contributed by atoms with Crippen LogP contribution in [0.1, 0.15) is 22.0 Å². The third-order valence-corrected chi connectivity index (χ3v) is 5.00. The second-order valence-electron chi connectivity index (χ2n) is 7.17. The summed E-state index contributed by atoms with van der Waals surface area (Å²) in [4.78, 5) is 21.1. The quantitative estimate of drug-likeness (QED) is 0.399. The Labute approximate surface area is 183 Å². The molecule has 0 saturated carbocycles. The molecule has 3 aromatic carbocycles. The summed E-state index contributed by atoms with van der Waals surface area (Å²) in [6.07, 6.45) is 1.50. The van der Waals surface area contributed by atoms with E-state index in [9.17, 15) is 13.6 Å². The van der Waals surface area contributed by atoms with Crippen molar-refractivity contribution in [3.05, 3.63) is 95.8 Å². The molecule has 8 heteroatoms. The summed E-state index contributed by atoms with van der Waals surface area (Å²) in [5.41, 5.74) is 1.48. The summed E-state index contributed by atoms with van der Waals surface area (Å²) in [5, 5.41) is 10.0. The van der Waals surface area contributed by atoms with Crippen LogP contribution in [0.4, 0.5) is 20.3 Å². The van der Waals surface area contributed by atoms with Crippen molar-refractivity contribution in [2.75, 3.05) is 24.2 Å². The fraction of sp³-hybridized carbons (Fsp3) is 0.125. The van der Waals surface area contributed by atoms with Gasteiger partial charge in [-0.05, 0) is 49.0 Å². The molecule has 0 spiro atoms. The molecule has 0 saturated heterocycles. The predicted octanol–water partition coefficient (Wildman–Crippen LogP) is 4.53. The van der Waals surface area contributed by atoms with Gasteiger partial charge in [-0.25, -0.2) is 18.7 Å². The van der Waals surface area contributed by atoms with Crippen LogP contribution in [-0.2, 0) is 0 Å². The number of nitrogens with zero attached hydrogens (tertiary/aromatic N) is 2. The Morgan fingerprint density at radius 1 is 0.969 bits per heavy atom. The van der Waals surface area contributed by atoms with E-state index in [0.717, 1.165) is 28.6 Å². The van der Waals surface area contributed by atoms with Crippen molar-refractivity contribution in [2.45, 2.75) is 6.04 Å². The zero-order chi connectivity index (χ0) is 22.5. The lowest BCUT2D eigenvalue weighted by Crippen LogP contribution is -2.24. The summed E-state index contributed by atoms with van der Waals surface area (Å²) in [7, 11) is 1.83. The molecule has 6 nitrogen and oxygen atoms in total. The Hall–Kier alpha value is -3.91. The molecule has 1 atom stereocenters. The molecular formula is C24H21F2N5O. The van der Waals surface area contributed by atoms with Gasteiger partial charge in [-0.15, -0.1) is 0 Å². The highest BCUT2D eigenvalue weighted by Crippen LogP contribution is 2.26. The third-order valence-electron chi connectivity index (χ3n) is 5.00. The Kier molecular flexibility index (Phi) is 6.32. The van der Waals surface area contributed by atoms with Gasteiger partial charge in [0.05, 0.1) is 11.6 Å². The monoisotopic (exact) mass is 433 g/mol. The van der Waals surface area contributed by atoms with Gasteiger partial charge >= 0.3 is 0 Å². The lowest BCUT2D eigenvalue weighted by molar-refractivity contribution is 0.101. The molecule has 0 aliphatic carbocycles. The van der Waals surface area contributed by atoms with E-state index in [1.807, 2.05) is 37.4 Å². The van der Waals surface area contributed by atoms with Gasteiger partial charge in [0, 0.05) is 17.6 Å². The highest BCUT2D eigenvalue weighted by molar-refractivity contribution is 6.04. The lowest BCUT2D eigenvalue weighted by atomic mass is 10.1. The number of nitrogens with one attached hydrogen (secondary N) is 3. The highest BCUT2D eigenvalue weighted by Gasteiger charge is 2.18. The number of amides is 1. The Bertz CT molecular complexity index is 1240. The molecule has 4 aromatic rings. The van der Waals surface area contributed by atoms with Gasteiger partial charge in [-0.3, -0.25) is 4.79 Å². The van der Waals surface area contributed by atoms with Gasteiger partial charge < -0.3 is 16.0 Å². The minimum atomic E-state index is -0.913. The van der Waals surface area contributed by atoms with Crippen LogP contribution in [-0.4, -0.2) is 29.5 Å². The Morgan fingerprint density at radius 3 is 2.50 bits per heavy atom. The number of aromatic nitrogens is 2. The first-order valence-electron chi connectivity index (χ1n) is 10.0. The number of para-hydroxylation sites is 1. The molecule has 1 aromatic heterocycles. The van der Waals surface area contributed by atoms with Crippen LogP contribution in [0.5, 0.6) is 0 Å². The molecule has 0 fully saturated rings. The number of hydrogen-bond acceptors (Lipinski definition) is 5. The summed E-state index contributed by atoms with van der Waals surface area (Å²) in [6.45, 7) is 0.567. The number of likely N-dealkylation sites (N-methyl/N-ethyl adjacent to an activating group) is 1. The number of rotatable bonds is 7. The van der Waals surface area contributed by atoms with E-state index in [1.165, 1.54) is 12.4 Å². The molecule has 162 valence electrons. The predicted molar refractivity (Wildman–Crippen MR) is 121 cm³/mol. The van der Waals surface area contributed by atoms with Crippen LogP contribution in [0.3, 0.4) is 0 Å². The average Bonchev–Trinajstić information content (AvgIpc) is 2.79. The first kappa shape index (κ1) is 21.3. The SMILES string of the molecule is CNCC(Nc1ncnc2ccccc12)c1cccc(NC(=O)c2c(F)cccc2F)c1. The van der Waals surface area contributed by atoms with Crippen molar-refractivity contribution in [2.24, 2.45) is 0 Å². The van der Waals surface area contributed by atoms with E-state index in [1.54, 1.807) is 18.2 Å². The minimum Gasteiger partial charge on any atom is -0.361 e. The molecule has 0 aliphatic rings. The highest BCUT2D eigenvalue weighted by atomic mass is 19.1.